The molecule has 18 heavy (non-hydrogen) atoms. The van der Waals surface area contributed by atoms with Crippen LogP contribution in [-0.4, -0.2) is 24.2 Å². The Bertz CT molecular complexity index is 339. The lowest BCUT2D eigenvalue weighted by atomic mass is 10.3. The summed E-state index contributed by atoms with van der Waals surface area (Å²) in [5.41, 5.74) is 5.34. The first kappa shape index (κ1) is 18.2. The Morgan fingerprint density at radius 3 is 1.39 bits per heavy atom. The van der Waals surface area contributed by atoms with Crippen LogP contribution >= 0.6 is 0 Å². The molecular formula is C15H34Si3. The summed E-state index contributed by atoms with van der Waals surface area (Å²) in [4.78, 5) is 0. The highest BCUT2D eigenvalue weighted by Crippen LogP contribution is 2.25. The Balaban J connectivity index is 5.38. The van der Waals surface area contributed by atoms with Gasteiger partial charge in [0.1, 0.15) is 0 Å². The molecule has 0 heterocycles. The van der Waals surface area contributed by atoms with Gasteiger partial charge in [0.05, 0.1) is 8.07 Å². The van der Waals surface area contributed by atoms with Crippen molar-refractivity contribution in [3.63, 3.8) is 0 Å². The molecule has 0 bridgehead atoms. The highest BCUT2D eigenvalue weighted by Gasteiger charge is 2.25. The van der Waals surface area contributed by atoms with Crippen molar-refractivity contribution in [2.45, 2.75) is 77.9 Å². The highest BCUT2D eigenvalue weighted by molar-refractivity contribution is 6.87. The minimum atomic E-state index is -1.20. The van der Waals surface area contributed by atoms with E-state index in [0.717, 1.165) is 0 Å². The smallest absolute Gasteiger partial charge is 0.0819 e. The van der Waals surface area contributed by atoms with E-state index in [0.29, 0.717) is 0 Å². The van der Waals surface area contributed by atoms with E-state index in [1.807, 2.05) is 0 Å². The first-order valence-corrected chi connectivity index (χ1v) is 18.1. The van der Waals surface area contributed by atoms with E-state index >= 15 is 0 Å². The van der Waals surface area contributed by atoms with E-state index in [9.17, 15) is 0 Å². The monoisotopic (exact) mass is 298 g/mol. The molecule has 0 atom stereocenters. The van der Waals surface area contributed by atoms with Crippen molar-refractivity contribution in [2.75, 3.05) is 0 Å². The summed E-state index contributed by atoms with van der Waals surface area (Å²) in [5, 5.41) is 1.68. The van der Waals surface area contributed by atoms with Crippen LogP contribution in [0.2, 0.25) is 71.0 Å². The van der Waals surface area contributed by atoms with Crippen molar-refractivity contribution in [1.82, 2.24) is 0 Å². The molecule has 0 aromatic carbocycles. The first-order valence-electron chi connectivity index (χ1n) is 7.16. The Hall–Kier alpha value is 0.171. The Kier molecular flexibility index (Phi) is 6.14. The van der Waals surface area contributed by atoms with E-state index in [1.54, 1.807) is 5.20 Å². The van der Waals surface area contributed by atoms with Gasteiger partial charge in [-0.3, -0.25) is 0 Å². The van der Waals surface area contributed by atoms with Crippen LogP contribution in [0.1, 0.15) is 6.92 Å². The third-order valence-corrected chi connectivity index (χ3v) is 8.24. The van der Waals surface area contributed by atoms with Crippen molar-refractivity contribution in [3.05, 3.63) is 16.5 Å². The van der Waals surface area contributed by atoms with Gasteiger partial charge in [-0.05, 0) is 29.8 Å². The molecule has 0 spiro atoms. The number of allylic oxidation sites excluding steroid dienone is 1. The number of rotatable bonds is 5. The van der Waals surface area contributed by atoms with Crippen LogP contribution < -0.4 is 0 Å². The molecule has 3 heteroatoms. The lowest BCUT2D eigenvalue weighted by Crippen LogP contribution is -2.31. The molecule has 0 unspecified atom stereocenters. The maximum Gasteiger partial charge on any atom is 0.0819 e. The molecule has 0 fully saturated rings. The van der Waals surface area contributed by atoms with E-state index in [-0.39, 0.29) is 0 Å². The molecule has 0 aromatic rings. The van der Waals surface area contributed by atoms with Crippen LogP contribution in [0.25, 0.3) is 0 Å². The molecule has 0 saturated carbocycles. The van der Waals surface area contributed by atoms with Crippen LogP contribution in [0.15, 0.2) is 16.5 Å². The summed E-state index contributed by atoms with van der Waals surface area (Å²) in [5.74, 6) is 0. The zero-order valence-corrected chi connectivity index (χ0v) is 17.4. The Labute approximate surface area is 119 Å². The topological polar surface area (TPSA) is 0 Å². The van der Waals surface area contributed by atoms with Crippen LogP contribution in [0.5, 0.6) is 0 Å². The van der Waals surface area contributed by atoms with Gasteiger partial charge in [0.2, 0.25) is 0 Å². The minimum absolute atomic E-state index is 0.991. The molecule has 0 rings (SSSR count). The highest BCUT2D eigenvalue weighted by atomic mass is 28.3. The summed E-state index contributed by atoms with van der Waals surface area (Å²) in [7, 11) is -3.21. The van der Waals surface area contributed by atoms with E-state index in [4.69, 9.17) is 0 Å². The summed E-state index contributed by atoms with van der Waals surface area (Å²) in [6.07, 6.45) is 0. The standard InChI is InChI=1S/C15H34Si3/c1-14(12-16(2,3)4)11-15(18(8,9)10)13-17(5,6)7/h12-13H2,1-10H3. The van der Waals surface area contributed by atoms with Crippen molar-refractivity contribution in [3.8, 4) is 0 Å². The van der Waals surface area contributed by atoms with Gasteiger partial charge < -0.3 is 0 Å². The molecule has 0 aliphatic rings. The molecule has 0 aliphatic carbocycles. The van der Waals surface area contributed by atoms with Crippen molar-refractivity contribution < 1.29 is 0 Å². The van der Waals surface area contributed by atoms with Gasteiger partial charge in [0.25, 0.3) is 0 Å². The molecule has 106 valence electrons. The van der Waals surface area contributed by atoms with Crippen LogP contribution in [-0.2, 0) is 0 Å². The van der Waals surface area contributed by atoms with Crippen LogP contribution in [0.3, 0.4) is 0 Å². The fraction of sp³-hybridized carbons (Fsp3) is 0.800. The van der Waals surface area contributed by atoms with Gasteiger partial charge in [0.15, 0.2) is 0 Å². The fourth-order valence-corrected chi connectivity index (χ4v) is 9.25. The molecule has 0 N–H and O–H groups in total. The molecule has 0 amide bonds. The number of hydrogen-bond acceptors (Lipinski definition) is 0. The van der Waals surface area contributed by atoms with Crippen molar-refractivity contribution in [1.29, 1.82) is 0 Å². The van der Waals surface area contributed by atoms with E-state index < -0.39 is 24.2 Å². The van der Waals surface area contributed by atoms with Gasteiger partial charge in [-0.2, -0.15) is 0 Å². The maximum absolute atomic E-state index is 3.83. The summed E-state index contributed by atoms with van der Waals surface area (Å²) in [6.45, 7) is 24.5. The Morgan fingerprint density at radius 1 is 0.722 bits per heavy atom. The maximum atomic E-state index is 3.83. The second kappa shape index (κ2) is 6.08. The van der Waals surface area contributed by atoms with Crippen LogP contribution in [0, 0.1) is 0 Å². The van der Waals surface area contributed by atoms with Gasteiger partial charge in [-0.15, -0.1) is 5.73 Å². The lowest BCUT2D eigenvalue weighted by molar-refractivity contribution is 1.30. The summed E-state index contributed by atoms with van der Waals surface area (Å²) in [6, 6.07) is 2.64. The SMILES string of the molecule is CC(=C=C(C[Si](C)(C)C)[Si](C)(C)C)C[Si](C)(C)C. The summed E-state index contributed by atoms with van der Waals surface area (Å²) >= 11 is 0. The van der Waals surface area contributed by atoms with Crippen LogP contribution in [0.4, 0.5) is 0 Å². The molecule has 0 saturated heterocycles. The third-order valence-electron chi connectivity index (χ3n) is 2.77. The average Bonchev–Trinajstić information content (AvgIpc) is 1.93. The number of hydrogen-bond donors (Lipinski definition) is 0. The first-order chi connectivity index (χ1) is 7.71. The lowest BCUT2D eigenvalue weighted by Gasteiger charge is -2.26. The largest absolute Gasteiger partial charge is 0.128 e. The zero-order valence-electron chi connectivity index (χ0n) is 14.4. The van der Waals surface area contributed by atoms with E-state index in [1.165, 1.54) is 17.7 Å². The quantitative estimate of drug-likeness (QED) is 0.430. The molecule has 0 aromatic heterocycles. The van der Waals surface area contributed by atoms with Gasteiger partial charge in [-0.1, -0.05) is 58.9 Å². The average molecular weight is 299 g/mol. The van der Waals surface area contributed by atoms with Crippen molar-refractivity contribution in [2.24, 2.45) is 0 Å². The fourth-order valence-electron chi connectivity index (χ4n) is 2.12. The predicted octanol–water partition coefficient (Wildman–Crippen LogP) is 6.01. The second-order valence-electron chi connectivity index (χ2n) is 9.11. The predicted molar refractivity (Wildman–Crippen MR) is 95.9 cm³/mol. The zero-order chi connectivity index (χ0) is 14.8. The van der Waals surface area contributed by atoms with E-state index in [2.05, 4.69) is 71.6 Å². The molecule has 0 nitrogen and oxygen atoms in total. The van der Waals surface area contributed by atoms with Gasteiger partial charge in [0, 0.05) is 16.1 Å². The van der Waals surface area contributed by atoms with Crippen molar-refractivity contribution >= 4 is 24.2 Å². The molecular weight excluding hydrogens is 264 g/mol. The molecule has 0 radical (unpaired) electrons. The minimum Gasteiger partial charge on any atom is -0.128 e. The second-order valence-corrected chi connectivity index (χ2v) is 25.2. The Morgan fingerprint density at radius 2 is 1.11 bits per heavy atom. The van der Waals surface area contributed by atoms with Gasteiger partial charge >= 0.3 is 0 Å². The van der Waals surface area contributed by atoms with Gasteiger partial charge in [-0.25, -0.2) is 0 Å². The summed E-state index contributed by atoms with van der Waals surface area (Å²) < 4.78 is 0. The third kappa shape index (κ3) is 9.15. The normalized spacial score (nSPS) is 13.2. The molecule has 0 aliphatic heterocycles.